The molecule has 12 heavy (non-hydrogen) atoms. The molecule has 0 nitrogen and oxygen atoms in total. The van der Waals surface area contributed by atoms with Crippen molar-refractivity contribution >= 4 is 19.2 Å². The minimum absolute atomic E-state index is 0.667. The number of rotatable bonds is 0. The summed E-state index contributed by atoms with van der Waals surface area (Å²) in [5.74, 6) is 0. The highest BCUT2D eigenvalue weighted by atomic mass is 35.6. The molecule has 0 radical (unpaired) electrons. The van der Waals surface area contributed by atoms with Gasteiger partial charge >= 0.3 is 0 Å². The zero-order valence-electron chi connectivity index (χ0n) is 7.42. The third kappa shape index (κ3) is 2.84. The smallest absolute Gasteiger partial charge is 0.134 e. The topological polar surface area (TPSA) is 0 Å². The summed E-state index contributed by atoms with van der Waals surface area (Å²) in [6.07, 6.45) is 12.6. The second-order valence-electron chi connectivity index (χ2n) is 2.98. The fourth-order valence-corrected chi connectivity index (χ4v) is 1.01. The number of hydrogen-bond donors (Lipinski definition) is 0. The van der Waals surface area contributed by atoms with Crippen LogP contribution in [0.1, 0.15) is 0 Å². The highest BCUT2D eigenvalue weighted by molar-refractivity contribution is 7.05. The lowest BCUT2D eigenvalue weighted by Crippen LogP contribution is -1.78. The number of hydrogen-bond acceptors (Lipinski definition) is 0. The van der Waals surface area contributed by atoms with E-state index in [2.05, 4.69) is 49.6 Å². The molecule has 2 heteroatoms. The summed E-state index contributed by atoms with van der Waals surface area (Å²) < 4.78 is 0. The molecular formula is C10H13ClSi. The van der Waals surface area contributed by atoms with Crippen molar-refractivity contribution in [3.63, 3.8) is 0 Å². The fraction of sp³-hybridized carbons (Fsp3) is 0.200. The van der Waals surface area contributed by atoms with Gasteiger partial charge in [0.2, 0.25) is 0 Å². The molecule has 0 aromatic rings. The highest BCUT2D eigenvalue weighted by Crippen LogP contribution is 2.23. The van der Waals surface area contributed by atoms with Crippen LogP contribution in [0.4, 0.5) is 0 Å². The first kappa shape index (κ1) is 9.55. The summed E-state index contributed by atoms with van der Waals surface area (Å²) in [4.78, 5) is 0. The monoisotopic (exact) mass is 196 g/mol. The van der Waals surface area contributed by atoms with E-state index >= 15 is 0 Å². The van der Waals surface area contributed by atoms with E-state index in [9.17, 15) is 0 Å². The van der Waals surface area contributed by atoms with Crippen molar-refractivity contribution in [3.8, 4) is 0 Å². The van der Waals surface area contributed by atoms with Crippen LogP contribution in [0.25, 0.3) is 0 Å². The number of allylic oxidation sites excluding steroid dienone is 8. The maximum atomic E-state index is 5.41. The Kier molecular flexibility index (Phi) is 3.57. The van der Waals surface area contributed by atoms with E-state index in [0.717, 1.165) is 0 Å². The van der Waals surface area contributed by atoms with Crippen LogP contribution in [0.3, 0.4) is 0 Å². The quantitative estimate of drug-likeness (QED) is 0.413. The van der Waals surface area contributed by atoms with Crippen LogP contribution in [0.15, 0.2) is 47.6 Å². The number of fused-ring (bicyclic) bond motifs is 1. The van der Waals surface area contributed by atoms with Crippen LogP contribution in [0.5, 0.6) is 0 Å². The average Bonchev–Trinajstić information content (AvgIpc) is 2.40. The molecule has 2 aliphatic rings. The molecule has 0 N–H and O–H groups in total. The summed E-state index contributed by atoms with van der Waals surface area (Å²) in [7, 11) is -0.667. The number of halogens is 1. The molecule has 0 aromatic heterocycles. The lowest BCUT2D eigenvalue weighted by molar-refractivity contribution is 1.69. The first-order chi connectivity index (χ1) is 5.70. The summed E-state index contributed by atoms with van der Waals surface area (Å²) >= 11 is 5.41. The third-order valence-electron chi connectivity index (χ3n) is 1.44. The SMILES string of the molecule is C1=CC2=CC=CC2=C1.C[SiH](C)Cl. The van der Waals surface area contributed by atoms with E-state index in [4.69, 9.17) is 11.1 Å². The Labute approximate surface area is 80.2 Å². The average molecular weight is 197 g/mol. The predicted molar refractivity (Wildman–Crippen MR) is 59.2 cm³/mol. The molecule has 0 bridgehead atoms. The first-order valence-corrected chi connectivity index (χ1v) is 8.17. The fourth-order valence-electron chi connectivity index (χ4n) is 1.01. The Balaban J connectivity index is 0.000000157. The van der Waals surface area contributed by atoms with Crippen molar-refractivity contribution in [1.82, 2.24) is 0 Å². The summed E-state index contributed by atoms with van der Waals surface area (Å²) in [6, 6.07) is 0. The molecule has 2 aliphatic carbocycles. The molecular weight excluding hydrogens is 184 g/mol. The van der Waals surface area contributed by atoms with Crippen LogP contribution in [-0.2, 0) is 0 Å². The Morgan fingerprint density at radius 1 is 1.00 bits per heavy atom. The molecule has 64 valence electrons. The molecule has 0 aromatic carbocycles. The van der Waals surface area contributed by atoms with E-state index in [-0.39, 0.29) is 0 Å². The standard InChI is InChI=1S/C8H6.C2H7ClSi/c1-3-7-5-2-6-8(7)4-1;1-4(2)3/h1-6H;4H,1-2H3. The largest absolute Gasteiger partial charge is 0.172 e. The van der Waals surface area contributed by atoms with Crippen molar-refractivity contribution in [2.24, 2.45) is 0 Å². The Hall–Kier alpha value is -0.533. The zero-order chi connectivity index (χ0) is 8.97. The second-order valence-corrected chi connectivity index (χ2v) is 7.62. The second kappa shape index (κ2) is 4.48. The van der Waals surface area contributed by atoms with Gasteiger partial charge in [-0.1, -0.05) is 49.6 Å². The van der Waals surface area contributed by atoms with Gasteiger partial charge in [0.1, 0.15) is 8.11 Å². The maximum Gasteiger partial charge on any atom is 0.134 e. The normalized spacial score (nSPS) is 17.0. The molecule has 0 atom stereocenters. The van der Waals surface area contributed by atoms with Gasteiger partial charge in [0.15, 0.2) is 0 Å². The minimum atomic E-state index is -0.667. The van der Waals surface area contributed by atoms with E-state index in [1.807, 2.05) is 0 Å². The summed E-state index contributed by atoms with van der Waals surface area (Å²) in [6.45, 7) is 4.14. The van der Waals surface area contributed by atoms with Crippen molar-refractivity contribution in [1.29, 1.82) is 0 Å². The lowest BCUT2D eigenvalue weighted by atomic mass is 10.2. The molecule has 0 aliphatic heterocycles. The Morgan fingerprint density at radius 2 is 1.33 bits per heavy atom. The van der Waals surface area contributed by atoms with Crippen LogP contribution < -0.4 is 0 Å². The van der Waals surface area contributed by atoms with Gasteiger partial charge in [0.05, 0.1) is 0 Å². The van der Waals surface area contributed by atoms with Gasteiger partial charge in [0.25, 0.3) is 0 Å². The van der Waals surface area contributed by atoms with Gasteiger partial charge < -0.3 is 0 Å². The molecule has 0 fully saturated rings. The molecule has 0 unspecified atom stereocenters. The van der Waals surface area contributed by atoms with Gasteiger partial charge in [-0.3, -0.25) is 0 Å². The van der Waals surface area contributed by atoms with Crippen molar-refractivity contribution in [3.05, 3.63) is 47.6 Å². The van der Waals surface area contributed by atoms with E-state index in [0.29, 0.717) is 0 Å². The first-order valence-electron chi connectivity index (χ1n) is 4.11. The summed E-state index contributed by atoms with van der Waals surface area (Å²) in [5, 5.41) is 0. The van der Waals surface area contributed by atoms with Crippen molar-refractivity contribution in [2.75, 3.05) is 0 Å². The van der Waals surface area contributed by atoms with Crippen LogP contribution in [0.2, 0.25) is 13.1 Å². The van der Waals surface area contributed by atoms with Gasteiger partial charge in [0, 0.05) is 0 Å². The van der Waals surface area contributed by atoms with Gasteiger partial charge in [-0.05, 0) is 11.1 Å². The zero-order valence-corrected chi connectivity index (χ0v) is 9.33. The van der Waals surface area contributed by atoms with E-state index in [1.165, 1.54) is 11.1 Å². The molecule has 2 rings (SSSR count). The van der Waals surface area contributed by atoms with Crippen LogP contribution >= 0.6 is 11.1 Å². The van der Waals surface area contributed by atoms with Crippen LogP contribution in [0, 0.1) is 0 Å². The molecule has 0 amide bonds. The Morgan fingerprint density at radius 3 is 1.67 bits per heavy atom. The minimum Gasteiger partial charge on any atom is -0.172 e. The summed E-state index contributed by atoms with van der Waals surface area (Å²) in [5.41, 5.74) is 2.70. The van der Waals surface area contributed by atoms with E-state index in [1.54, 1.807) is 0 Å². The van der Waals surface area contributed by atoms with Gasteiger partial charge in [-0.2, -0.15) is 11.1 Å². The van der Waals surface area contributed by atoms with Crippen LogP contribution in [-0.4, -0.2) is 8.11 Å². The molecule has 0 saturated carbocycles. The molecule has 0 heterocycles. The lowest BCUT2D eigenvalue weighted by Gasteiger charge is -1.85. The third-order valence-corrected chi connectivity index (χ3v) is 1.44. The van der Waals surface area contributed by atoms with Gasteiger partial charge in [-0.15, -0.1) is 0 Å². The van der Waals surface area contributed by atoms with Crippen molar-refractivity contribution < 1.29 is 0 Å². The van der Waals surface area contributed by atoms with Crippen molar-refractivity contribution in [2.45, 2.75) is 13.1 Å². The molecule has 0 spiro atoms. The predicted octanol–water partition coefficient (Wildman–Crippen LogP) is 3.19. The maximum absolute atomic E-state index is 5.41. The molecule has 0 saturated heterocycles. The van der Waals surface area contributed by atoms with Gasteiger partial charge in [-0.25, -0.2) is 0 Å². The highest BCUT2D eigenvalue weighted by Gasteiger charge is 2.04. The Bertz CT molecular complexity index is 241. The van der Waals surface area contributed by atoms with E-state index < -0.39 is 8.11 Å².